The van der Waals surface area contributed by atoms with Crippen molar-refractivity contribution in [3.8, 4) is 5.75 Å². The van der Waals surface area contributed by atoms with Crippen molar-refractivity contribution in [2.45, 2.75) is 12.8 Å². The van der Waals surface area contributed by atoms with Crippen molar-refractivity contribution in [3.05, 3.63) is 29.8 Å². The number of ether oxygens (including phenoxy) is 1. The Kier molecular flexibility index (Phi) is 4.43. The summed E-state index contributed by atoms with van der Waals surface area (Å²) in [4.78, 5) is 0. The highest BCUT2D eigenvalue weighted by Crippen LogP contribution is 2.18. The van der Waals surface area contributed by atoms with Crippen molar-refractivity contribution < 1.29 is 4.74 Å². The van der Waals surface area contributed by atoms with Gasteiger partial charge < -0.3 is 4.74 Å². The van der Waals surface area contributed by atoms with E-state index in [0.29, 0.717) is 0 Å². The monoisotopic (exact) mass is 276 g/mol. The molecule has 0 heterocycles. The van der Waals surface area contributed by atoms with Crippen LogP contribution in [-0.4, -0.2) is 11.5 Å². The first-order chi connectivity index (χ1) is 5.88. The van der Waals surface area contributed by atoms with Crippen LogP contribution in [0.4, 0.5) is 0 Å². The van der Waals surface area contributed by atoms with Crippen LogP contribution in [0, 0.1) is 0 Å². The molecule has 0 aliphatic carbocycles. The number of rotatable bonds is 4. The molecular formula is C10H13IO. The van der Waals surface area contributed by atoms with Crippen LogP contribution in [0.5, 0.6) is 5.75 Å². The normalized spacial score (nSPS) is 9.83. The molecule has 2 heteroatoms. The lowest BCUT2D eigenvalue weighted by Crippen LogP contribution is -1.91. The number of benzene rings is 1. The van der Waals surface area contributed by atoms with Gasteiger partial charge in [-0.2, -0.15) is 0 Å². The van der Waals surface area contributed by atoms with Crippen LogP contribution in [-0.2, 0) is 6.42 Å². The van der Waals surface area contributed by atoms with Crippen molar-refractivity contribution in [2.75, 3.05) is 11.5 Å². The summed E-state index contributed by atoms with van der Waals surface area (Å²) >= 11 is 2.40. The molecule has 1 nitrogen and oxygen atoms in total. The third-order valence-corrected chi connectivity index (χ3v) is 2.54. The Morgan fingerprint density at radius 1 is 1.33 bits per heavy atom. The van der Waals surface area contributed by atoms with Crippen LogP contribution >= 0.6 is 22.6 Å². The van der Waals surface area contributed by atoms with E-state index < -0.39 is 0 Å². The third kappa shape index (κ3) is 2.66. The Morgan fingerprint density at radius 3 is 2.75 bits per heavy atom. The number of aryl methyl sites for hydroxylation is 1. The first-order valence-electron chi connectivity index (χ1n) is 4.06. The Hall–Kier alpha value is -0.250. The van der Waals surface area contributed by atoms with Crippen molar-refractivity contribution in [2.24, 2.45) is 0 Å². The topological polar surface area (TPSA) is 9.23 Å². The number of methoxy groups -OCH3 is 1. The molecule has 0 radical (unpaired) electrons. The molecule has 66 valence electrons. The average Bonchev–Trinajstić information content (AvgIpc) is 2.15. The molecule has 0 saturated heterocycles. The molecule has 0 N–H and O–H groups in total. The lowest BCUT2D eigenvalue weighted by molar-refractivity contribution is 0.409. The Balaban J connectivity index is 2.68. The number of hydrogen-bond acceptors (Lipinski definition) is 1. The van der Waals surface area contributed by atoms with E-state index in [1.165, 1.54) is 16.4 Å². The molecule has 0 aliphatic heterocycles. The fraction of sp³-hybridized carbons (Fsp3) is 0.400. The first kappa shape index (κ1) is 9.84. The fourth-order valence-electron chi connectivity index (χ4n) is 1.17. The smallest absolute Gasteiger partial charge is 0.122 e. The predicted octanol–water partition coefficient (Wildman–Crippen LogP) is 3.06. The van der Waals surface area contributed by atoms with Crippen LogP contribution in [0.2, 0.25) is 0 Å². The summed E-state index contributed by atoms with van der Waals surface area (Å²) in [5.74, 6) is 1.02. The van der Waals surface area contributed by atoms with Gasteiger partial charge in [-0.05, 0) is 28.9 Å². The third-order valence-electron chi connectivity index (χ3n) is 1.77. The maximum atomic E-state index is 5.24. The second-order valence-electron chi connectivity index (χ2n) is 2.60. The standard InChI is InChI=1S/C10H13IO/c1-12-10-7-3-2-5-9(10)6-4-8-11/h2-3,5,7H,4,6,8H2,1H3. The van der Waals surface area contributed by atoms with Gasteiger partial charge in [0, 0.05) is 0 Å². The summed E-state index contributed by atoms with van der Waals surface area (Å²) in [5.41, 5.74) is 1.32. The highest BCUT2D eigenvalue weighted by Gasteiger charge is 1.99. The average molecular weight is 276 g/mol. The van der Waals surface area contributed by atoms with Gasteiger partial charge in [0.2, 0.25) is 0 Å². The molecule has 1 aromatic rings. The van der Waals surface area contributed by atoms with E-state index in [1.807, 2.05) is 12.1 Å². The maximum Gasteiger partial charge on any atom is 0.122 e. The van der Waals surface area contributed by atoms with E-state index in [0.717, 1.165) is 12.2 Å². The quantitative estimate of drug-likeness (QED) is 0.606. The highest BCUT2D eigenvalue weighted by molar-refractivity contribution is 14.1. The Morgan fingerprint density at radius 2 is 2.08 bits per heavy atom. The van der Waals surface area contributed by atoms with Gasteiger partial charge in [-0.3, -0.25) is 0 Å². The lowest BCUT2D eigenvalue weighted by atomic mass is 10.1. The molecule has 0 atom stereocenters. The zero-order valence-corrected chi connectivity index (χ0v) is 9.37. The van der Waals surface area contributed by atoms with Crippen molar-refractivity contribution >= 4 is 22.6 Å². The SMILES string of the molecule is COc1ccccc1CCCI. The molecule has 0 aromatic heterocycles. The van der Waals surface area contributed by atoms with Gasteiger partial charge in [0.15, 0.2) is 0 Å². The highest BCUT2D eigenvalue weighted by atomic mass is 127. The van der Waals surface area contributed by atoms with Gasteiger partial charge in [0.1, 0.15) is 5.75 Å². The molecule has 12 heavy (non-hydrogen) atoms. The number of alkyl halides is 1. The number of halogens is 1. The Labute approximate surface area is 87.3 Å². The lowest BCUT2D eigenvalue weighted by Gasteiger charge is -2.06. The molecule has 0 fully saturated rings. The molecular weight excluding hydrogens is 263 g/mol. The van der Waals surface area contributed by atoms with Crippen LogP contribution in [0.25, 0.3) is 0 Å². The van der Waals surface area contributed by atoms with E-state index >= 15 is 0 Å². The van der Waals surface area contributed by atoms with Crippen LogP contribution in [0.15, 0.2) is 24.3 Å². The molecule has 0 amide bonds. The van der Waals surface area contributed by atoms with E-state index in [2.05, 4.69) is 34.7 Å². The summed E-state index contributed by atoms with van der Waals surface area (Å²) in [6, 6.07) is 8.21. The van der Waals surface area contributed by atoms with Crippen molar-refractivity contribution in [3.63, 3.8) is 0 Å². The zero-order chi connectivity index (χ0) is 8.81. The van der Waals surface area contributed by atoms with E-state index in [-0.39, 0.29) is 0 Å². The summed E-state index contributed by atoms with van der Waals surface area (Å²) < 4.78 is 6.44. The van der Waals surface area contributed by atoms with Gasteiger partial charge in [-0.25, -0.2) is 0 Å². The molecule has 1 aromatic carbocycles. The van der Waals surface area contributed by atoms with Crippen LogP contribution < -0.4 is 4.74 Å². The molecule has 0 bridgehead atoms. The minimum Gasteiger partial charge on any atom is -0.496 e. The molecule has 0 saturated carbocycles. The second kappa shape index (κ2) is 5.41. The van der Waals surface area contributed by atoms with E-state index in [1.54, 1.807) is 7.11 Å². The summed E-state index contributed by atoms with van der Waals surface area (Å²) in [5, 5.41) is 0. The van der Waals surface area contributed by atoms with Crippen molar-refractivity contribution in [1.82, 2.24) is 0 Å². The van der Waals surface area contributed by atoms with Crippen molar-refractivity contribution in [1.29, 1.82) is 0 Å². The van der Waals surface area contributed by atoms with E-state index in [9.17, 15) is 0 Å². The summed E-state index contributed by atoms with van der Waals surface area (Å²) in [6.07, 6.45) is 2.34. The van der Waals surface area contributed by atoms with E-state index in [4.69, 9.17) is 4.74 Å². The summed E-state index contributed by atoms with van der Waals surface area (Å²) in [7, 11) is 1.73. The minimum absolute atomic E-state index is 1.02. The van der Waals surface area contributed by atoms with Crippen LogP contribution in [0.3, 0.4) is 0 Å². The van der Waals surface area contributed by atoms with Gasteiger partial charge in [0.05, 0.1) is 7.11 Å². The van der Waals surface area contributed by atoms with Gasteiger partial charge in [-0.15, -0.1) is 0 Å². The number of hydrogen-bond donors (Lipinski definition) is 0. The maximum absolute atomic E-state index is 5.24. The van der Waals surface area contributed by atoms with Gasteiger partial charge >= 0.3 is 0 Å². The van der Waals surface area contributed by atoms with Gasteiger partial charge in [0.25, 0.3) is 0 Å². The second-order valence-corrected chi connectivity index (χ2v) is 3.68. The molecule has 0 spiro atoms. The first-order valence-corrected chi connectivity index (χ1v) is 5.59. The summed E-state index contributed by atoms with van der Waals surface area (Å²) in [6.45, 7) is 0. The minimum atomic E-state index is 1.02. The zero-order valence-electron chi connectivity index (χ0n) is 7.22. The predicted molar refractivity (Wildman–Crippen MR) is 60.2 cm³/mol. The van der Waals surface area contributed by atoms with Crippen LogP contribution in [0.1, 0.15) is 12.0 Å². The molecule has 0 aliphatic rings. The molecule has 0 unspecified atom stereocenters. The fourth-order valence-corrected chi connectivity index (χ4v) is 1.55. The number of para-hydroxylation sites is 1. The van der Waals surface area contributed by atoms with Gasteiger partial charge in [-0.1, -0.05) is 40.8 Å². The largest absolute Gasteiger partial charge is 0.496 e. The Bertz CT molecular complexity index is 235. The molecule has 1 rings (SSSR count).